The summed E-state index contributed by atoms with van der Waals surface area (Å²) in [5.74, 6) is 0.00928. The van der Waals surface area contributed by atoms with Crippen LogP contribution in [0.1, 0.15) is 15.4 Å². The molecule has 0 saturated carbocycles. The first kappa shape index (κ1) is 21.4. The highest BCUT2D eigenvalue weighted by Gasteiger charge is 2.26. The average molecular weight is 460 g/mol. The molecule has 2 amide bonds. The third-order valence-electron chi connectivity index (χ3n) is 5.84. The fourth-order valence-electron chi connectivity index (χ4n) is 4.09. The number of aryl methyl sites for hydroxylation is 1. The molecule has 0 aliphatic carbocycles. The maximum atomic E-state index is 13.2. The first-order valence-corrected chi connectivity index (χ1v) is 11.8. The molecule has 1 N–H and O–H groups in total. The Morgan fingerprint density at radius 1 is 0.970 bits per heavy atom. The summed E-state index contributed by atoms with van der Waals surface area (Å²) >= 11 is 1.49. The largest absolute Gasteiger partial charge is 0.335 e. The van der Waals surface area contributed by atoms with Gasteiger partial charge in [0.25, 0.3) is 5.91 Å². The number of nitrogens with zero attached hydrogens (tertiary/aromatic N) is 4. The van der Waals surface area contributed by atoms with Crippen LogP contribution in [0.3, 0.4) is 0 Å². The topological polar surface area (TPSA) is 70.5 Å². The quantitative estimate of drug-likeness (QED) is 0.493. The van der Waals surface area contributed by atoms with Gasteiger partial charge >= 0.3 is 0 Å². The number of anilines is 1. The van der Waals surface area contributed by atoms with Crippen molar-refractivity contribution in [2.45, 2.75) is 6.92 Å². The van der Waals surface area contributed by atoms with Gasteiger partial charge in [-0.3, -0.25) is 14.5 Å². The Morgan fingerprint density at radius 2 is 1.64 bits per heavy atom. The van der Waals surface area contributed by atoms with Gasteiger partial charge < -0.3 is 10.2 Å². The van der Waals surface area contributed by atoms with E-state index in [0.717, 1.165) is 32.2 Å². The molecule has 1 saturated heterocycles. The first-order valence-electron chi connectivity index (χ1n) is 11.0. The number of carbonyl (C=O) groups excluding carboxylic acids is 2. The van der Waals surface area contributed by atoms with Crippen LogP contribution in [0, 0.1) is 6.92 Å². The fourth-order valence-corrected chi connectivity index (χ4v) is 5.24. The molecule has 1 aliphatic rings. The molecule has 168 valence electrons. The molecule has 0 unspecified atom stereocenters. The number of nitrogens with one attached hydrogen (secondary N) is 1. The molecular formula is C25H25N5O2S. The average Bonchev–Trinajstić information content (AvgIpc) is 3.41. The fraction of sp³-hybridized carbons (Fsp3) is 0.240. The van der Waals surface area contributed by atoms with Gasteiger partial charge in [0.15, 0.2) is 0 Å². The number of para-hydroxylation sites is 2. The number of rotatable bonds is 5. The highest BCUT2D eigenvalue weighted by Crippen LogP contribution is 2.31. The SMILES string of the molecule is Cc1nn(-c2ccccc2)c2sc(C(=O)N3CCN(CC(=O)Nc4ccccc4)CC3)cc12. The number of piperazine rings is 1. The van der Waals surface area contributed by atoms with E-state index in [-0.39, 0.29) is 11.8 Å². The zero-order chi connectivity index (χ0) is 22.8. The Balaban J connectivity index is 1.22. The van der Waals surface area contributed by atoms with Crippen LogP contribution in [-0.4, -0.2) is 64.1 Å². The van der Waals surface area contributed by atoms with Crippen LogP contribution in [0.25, 0.3) is 15.9 Å². The molecule has 2 aromatic heterocycles. The molecular weight excluding hydrogens is 434 g/mol. The third-order valence-corrected chi connectivity index (χ3v) is 6.94. The van der Waals surface area contributed by atoms with E-state index in [1.807, 2.05) is 83.2 Å². The molecule has 7 nitrogen and oxygen atoms in total. The summed E-state index contributed by atoms with van der Waals surface area (Å²) in [6.45, 7) is 4.87. The van der Waals surface area contributed by atoms with Crippen molar-refractivity contribution in [3.05, 3.63) is 77.3 Å². The zero-order valence-corrected chi connectivity index (χ0v) is 19.2. The summed E-state index contributed by atoms with van der Waals surface area (Å²) in [7, 11) is 0. The molecule has 1 fully saturated rings. The number of amides is 2. The minimum Gasteiger partial charge on any atom is -0.335 e. The van der Waals surface area contributed by atoms with Crippen LogP contribution in [0.4, 0.5) is 5.69 Å². The number of thiophene rings is 1. The van der Waals surface area contributed by atoms with Gasteiger partial charge in [0.05, 0.1) is 22.8 Å². The molecule has 0 bridgehead atoms. The van der Waals surface area contributed by atoms with Crippen molar-refractivity contribution < 1.29 is 9.59 Å². The molecule has 8 heteroatoms. The highest BCUT2D eigenvalue weighted by molar-refractivity contribution is 7.20. The number of carbonyl (C=O) groups is 2. The number of aromatic nitrogens is 2. The number of hydrogen-bond donors (Lipinski definition) is 1. The Morgan fingerprint density at radius 3 is 2.33 bits per heavy atom. The summed E-state index contributed by atoms with van der Waals surface area (Å²) in [5.41, 5.74) is 2.70. The molecule has 0 atom stereocenters. The minimum atomic E-state index is -0.0357. The molecule has 2 aromatic carbocycles. The van der Waals surface area contributed by atoms with E-state index in [9.17, 15) is 9.59 Å². The highest BCUT2D eigenvalue weighted by atomic mass is 32.1. The maximum absolute atomic E-state index is 13.2. The van der Waals surface area contributed by atoms with Crippen LogP contribution in [0.2, 0.25) is 0 Å². The van der Waals surface area contributed by atoms with Crippen molar-refractivity contribution in [2.75, 3.05) is 38.0 Å². The van der Waals surface area contributed by atoms with Gasteiger partial charge in [0, 0.05) is 37.3 Å². The van der Waals surface area contributed by atoms with E-state index < -0.39 is 0 Å². The number of hydrogen-bond acceptors (Lipinski definition) is 5. The van der Waals surface area contributed by atoms with Gasteiger partial charge in [-0.15, -0.1) is 11.3 Å². The Bertz CT molecular complexity index is 1270. The zero-order valence-electron chi connectivity index (χ0n) is 18.4. The van der Waals surface area contributed by atoms with Crippen molar-refractivity contribution in [3.63, 3.8) is 0 Å². The lowest BCUT2D eigenvalue weighted by atomic mass is 10.2. The molecule has 1 aliphatic heterocycles. The minimum absolute atomic E-state index is 0.0357. The molecule has 33 heavy (non-hydrogen) atoms. The van der Waals surface area contributed by atoms with Crippen LogP contribution in [-0.2, 0) is 4.79 Å². The van der Waals surface area contributed by atoms with E-state index in [2.05, 4.69) is 15.3 Å². The lowest BCUT2D eigenvalue weighted by Crippen LogP contribution is -2.50. The second-order valence-electron chi connectivity index (χ2n) is 8.14. The smallest absolute Gasteiger partial charge is 0.264 e. The number of benzene rings is 2. The molecule has 0 spiro atoms. The summed E-state index contributed by atoms with van der Waals surface area (Å²) < 4.78 is 1.91. The first-order chi connectivity index (χ1) is 16.1. The standard InChI is InChI=1S/C25H25N5O2S/c1-18-21-16-22(33-25(21)30(27-18)20-10-6-3-7-11-20)24(32)29-14-12-28(13-15-29)17-23(31)26-19-8-4-2-5-9-19/h2-11,16H,12-15,17H2,1H3,(H,26,31). The summed E-state index contributed by atoms with van der Waals surface area (Å²) in [6.07, 6.45) is 0. The Labute approximate surface area is 196 Å². The van der Waals surface area contributed by atoms with Gasteiger partial charge in [-0.2, -0.15) is 5.10 Å². The van der Waals surface area contributed by atoms with Crippen LogP contribution in [0.15, 0.2) is 66.7 Å². The van der Waals surface area contributed by atoms with Crippen LogP contribution in [0.5, 0.6) is 0 Å². The second-order valence-corrected chi connectivity index (χ2v) is 9.18. The van der Waals surface area contributed by atoms with Crippen molar-refractivity contribution in [2.24, 2.45) is 0 Å². The lowest BCUT2D eigenvalue weighted by Gasteiger charge is -2.34. The van der Waals surface area contributed by atoms with Gasteiger partial charge in [0.2, 0.25) is 5.91 Å². The van der Waals surface area contributed by atoms with E-state index in [1.54, 1.807) is 0 Å². The Hall–Kier alpha value is -3.49. The number of fused-ring (bicyclic) bond motifs is 1. The van der Waals surface area contributed by atoms with Gasteiger partial charge in [-0.1, -0.05) is 36.4 Å². The monoisotopic (exact) mass is 459 g/mol. The van der Waals surface area contributed by atoms with Gasteiger partial charge in [-0.25, -0.2) is 4.68 Å². The predicted molar refractivity (Wildman–Crippen MR) is 131 cm³/mol. The van der Waals surface area contributed by atoms with Crippen LogP contribution < -0.4 is 5.32 Å². The van der Waals surface area contributed by atoms with Crippen molar-refractivity contribution in [3.8, 4) is 5.69 Å². The summed E-state index contributed by atoms with van der Waals surface area (Å²) in [4.78, 5) is 31.2. The summed E-state index contributed by atoms with van der Waals surface area (Å²) in [5, 5.41) is 8.59. The van der Waals surface area contributed by atoms with Gasteiger partial charge in [-0.05, 0) is 37.3 Å². The van der Waals surface area contributed by atoms with E-state index in [4.69, 9.17) is 0 Å². The van der Waals surface area contributed by atoms with Crippen molar-refractivity contribution in [1.82, 2.24) is 19.6 Å². The molecule has 5 rings (SSSR count). The summed E-state index contributed by atoms with van der Waals surface area (Å²) in [6, 6.07) is 21.4. The van der Waals surface area contributed by atoms with Crippen molar-refractivity contribution in [1.29, 1.82) is 0 Å². The normalized spacial score (nSPS) is 14.5. The predicted octanol–water partition coefficient (Wildman–Crippen LogP) is 3.79. The third kappa shape index (κ3) is 4.53. The molecule has 0 radical (unpaired) electrons. The van der Waals surface area contributed by atoms with E-state index in [0.29, 0.717) is 32.7 Å². The molecule has 3 heterocycles. The lowest BCUT2D eigenvalue weighted by molar-refractivity contribution is -0.117. The maximum Gasteiger partial charge on any atom is 0.264 e. The van der Waals surface area contributed by atoms with Crippen molar-refractivity contribution >= 4 is 39.1 Å². The Kier molecular flexibility index (Phi) is 5.93. The second kappa shape index (κ2) is 9.17. The molecule has 4 aromatic rings. The van der Waals surface area contributed by atoms with E-state index >= 15 is 0 Å². The van der Waals surface area contributed by atoms with Gasteiger partial charge in [0.1, 0.15) is 4.83 Å². The van der Waals surface area contributed by atoms with E-state index in [1.165, 1.54) is 11.3 Å². The van der Waals surface area contributed by atoms with Crippen LogP contribution >= 0.6 is 11.3 Å².